The number of hydrogen-bond donors (Lipinski definition) is 6. The molecule has 34 heavy (non-hydrogen) atoms. The van der Waals surface area contributed by atoms with Gasteiger partial charge in [0.2, 0.25) is 6.29 Å². The Balaban J connectivity index is 1.87. The molecule has 0 aromatic heterocycles. The van der Waals surface area contributed by atoms with Gasteiger partial charge in [0.1, 0.15) is 36.6 Å². The Morgan fingerprint density at radius 3 is 2.24 bits per heavy atom. The summed E-state index contributed by atoms with van der Waals surface area (Å²) in [5.74, 6) is -0.451. The number of aliphatic hydroxyl groups is 6. The number of aliphatic hydroxyl groups excluding tert-OH is 6. The van der Waals surface area contributed by atoms with Crippen LogP contribution in [0.25, 0.3) is 0 Å². The van der Waals surface area contributed by atoms with E-state index in [-0.39, 0.29) is 17.1 Å². The molecule has 0 spiro atoms. The second kappa shape index (κ2) is 11.1. The Bertz CT molecular complexity index is 835. The van der Waals surface area contributed by atoms with E-state index in [9.17, 15) is 35.4 Å². The summed E-state index contributed by atoms with van der Waals surface area (Å²) in [6.07, 6.45) is -14.6. The Labute approximate surface area is 195 Å². The molecule has 0 saturated carbocycles. The first-order chi connectivity index (χ1) is 16.1. The highest BCUT2D eigenvalue weighted by Gasteiger charge is 2.51. The minimum atomic E-state index is -1.69. The summed E-state index contributed by atoms with van der Waals surface area (Å²) in [5.41, 5.74) is 0.174. The second-order valence-electron chi connectivity index (χ2n) is 7.96. The van der Waals surface area contributed by atoms with Crippen LogP contribution in [0.4, 0.5) is 0 Å². The van der Waals surface area contributed by atoms with E-state index >= 15 is 0 Å². The van der Waals surface area contributed by atoms with Gasteiger partial charge >= 0.3 is 5.97 Å². The van der Waals surface area contributed by atoms with Gasteiger partial charge in [0.15, 0.2) is 23.9 Å². The third-order valence-corrected chi connectivity index (χ3v) is 5.75. The molecule has 1 aromatic carbocycles. The van der Waals surface area contributed by atoms with E-state index < -0.39 is 74.0 Å². The minimum absolute atomic E-state index is 0.0583. The predicted molar refractivity (Wildman–Crippen MR) is 110 cm³/mol. The van der Waals surface area contributed by atoms with Crippen LogP contribution in [0.15, 0.2) is 18.2 Å². The summed E-state index contributed by atoms with van der Waals surface area (Å²) < 4.78 is 32.4. The highest BCUT2D eigenvalue weighted by Crippen LogP contribution is 2.34. The van der Waals surface area contributed by atoms with Crippen molar-refractivity contribution in [1.82, 2.24) is 0 Å². The van der Waals surface area contributed by atoms with Gasteiger partial charge in [-0.25, -0.2) is 4.79 Å². The minimum Gasteiger partial charge on any atom is -0.493 e. The molecule has 1 aromatic rings. The molecule has 0 amide bonds. The van der Waals surface area contributed by atoms with Crippen LogP contribution in [-0.4, -0.2) is 119 Å². The van der Waals surface area contributed by atoms with Crippen LogP contribution in [-0.2, 0) is 18.9 Å². The van der Waals surface area contributed by atoms with Crippen molar-refractivity contribution < 1.29 is 63.9 Å². The van der Waals surface area contributed by atoms with Gasteiger partial charge in [0.25, 0.3) is 0 Å². The second-order valence-corrected chi connectivity index (χ2v) is 7.96. The zero-order chi connectivity index (χ0) is 25.2. The summed E-state index contributed by atoms with van der Waals surface area (Å²) in [4.78, 5) is 11.8. The van der Waals surface area contributed by atoms with E-state index in [1.807, 2.05) is 0 Å². The third kappa shape index (κ3) is 5.27. The van der Waals surface area contributed by atoms with Gasteiger partial charge < -0.3 is 59.1 Å². The summed E-state index contributed by atoms with van der Waals surface area (Å²) in [6.45, 7) is 0.788. The van der Waals surface area contributed by atoms with E-state index in [1.54, 1.807) is 0 Å². The first-order valence-electron chi connectivity index (χ1n) is 10.5. The number of methoxy groups -OCH3 is 2. The summed E-state index contributed by atoms with van der Waals surface area (Å²) in [6, 6.07) is 4.12. The maximum Gasteiger partial charge on any atom is 0.337 e. The number of rotatable bonds is 7. The fourth-order valence-electron chi connectivity index (χ4n) is 3.71. The molecule has 0 unspecified atom stereocenters. The molecule has 13 nitrogen and oxygen atoms in total. The lowest BCUT2D eigenvalue weighted by atomic mass is 9.97. The molecule has 6 N–H and O–H groups in total. The standard InChI is InChI=1S/C21H30O13/c1-8-13(23)15(25)17(27)20(31-8)34-18-16(26)14(24)12(7-22)33-21(18)32-10-5-4-9(19(28)30-3)6-11(10)29-2/h4-6,8,12-18,20-27H,7H2,1-3H3/t8-,12+,13-,14+,15+,16+,17+,18+,20-,21+/m0/s1. The van der Waals surface area contributed by atoms with Crippen molar-refractivity contribution in [2.24, 2.45) is 0 Å². The Kier molecular flexibility index (Phi) is 8.67. The fourth-order valence-corrected chi connectivity index (χ4v) is 3.71. The maximum atomic E-state index is 11.8. The Morgan fingerprint density at radius 1 is 0.912 bits per heavy atom. The van der Waals surface area contributed by atoms with Crippen LogP contribution in [0.2, 0.25) is 0 Å². The zero-order valence-corrected chi connectivity index (χ0v) is 18.8. The normalized spacial score (nSPS) is 38.3. The van der Waals surface area contributed by atoms with Gasteiger partial charge in [-0.2, -0.15) is 0 Å². The zero-order valence-electron chi connectivity index (χ0n) is 18.8. The average molecular weight is 490 g/mol. The highest BCUT2D eigenvalue weighted by molar-refractivity contribution is 5.90. The number of benzene rings is 1. The molecule has 2 fully saturated rings. The maximum absolute atomic E-state index is 11.8. The van der Waals surface area contributed by atoms with Gasteiger partial charge in [-0.05, 0) is 25.1 Å². The van der Waals surface area contributed by atoms with Gasteiger partial charge in [-0.3, -0.25) is 0 Å². The molecule has 3 rings (SSSR count). The van der Waals surface area contributed by atoms with Crippen LogP contribution in [0, 0.1) is 0 Å². The molecule has 2 aliphatic rings. The van der Waals surface area contributed by atoms with Gasteiger partial charge in [-0.1, -0.05) is 0 Å². The van der Waals surface area contributed by atoms with Crippen molar-refractivity contribution in [3.8, 4) is 11.5 Å². The third-order valence-electron chi connectivity index (χ3n) is 5.75. The van der Waals surface area contributed by atoms with Crippen LogP contribution >= 0.6 is 0 Å². The van der Waals surface area contributed by atoms with Crippen molar-refractivity contribution in [2.45, 2.75) is 68.3 Å². The van der Waals surface area contributed by atoms with E-state index in [0.29, 0.717) is 0 Å². The van der Waals surface area contributed by atoms with Crippen molar-refractivity contribution in [3.63, 3.8) is 0 Å². The lowest BCUT2D eigenvalue weighted by Gasteiger charge is -2.45. The summed E-state index contributed by atoms with van der Waals surface area (Å²) in [7, 11) is 2.55. The molecule has 0 radical (unpaired) electrons. The van der Waals surface area contributed by atoms with Crippen molar-refractivity contribution in [1.29, 1.82) is 0 Å². The summed E-state index contributed by atoms with van der Waals surface area (Å²) >= 11 is 0. The van der Waals surface area contributed by atoms with Crippen molar-refractivity contribution in [2.75, 3.05) is 20.8 Å². The Hall–Kier alpha value is -2.07. The van der Waals surface area contributed by atoms with Crippen LogP contribution < -0.4 is 9.47 Å². The number of carbonyl (C=O) groups excluding carboxylic acids is 1. The first kappa shape index (κ1) is 26.5. The number of carbonyl (C=O) groups is 1. The molecule has 2 heterocycles. The van der Waals surface area contributed by atoms with E-state index in [1.165, 1.54) is 39.3 Å². The van der Waals surface area contributed by atoms with E-state index in [4.69, 9.17) is 23.7 Å². The molecule has 10 atom stereocenters. The van der Waals surface area contributed by atoms with Crippen molar-refractivity contribution in [3.05, 3.63) is 23.8 Å². The SMILES string of the molecule is COC(=O)c1ccc(O[C@@H]2O[C@H](CO)[C@@H](O)[C@@H](O)[C@H]2O[C@@H]2O[C@@H](C)[C@H](O)[C@@H](O)[C@H]2O)c(OC)c1. The van der Waals surface area contributed by atoms with E-state index in [0.717, 1.165) is 0 Å². The average Bonchev–Trinajstić information content (AvgIpc) is 2.84. The van der Waals surface area contributed by atoms with E-state index in [2.05, 4.69) is 4.74 Å². The lowest BCUT2D eigenvalue weighted by Crippen LogP contribution is -2.64. The van der Waals surface area contributed by atoms with Gasteiger partial charge in [0, 0.05) is 0 Å². The fraction of sp³-hybridized carbons (Fsp3) is 0.667. The molecule has 192 valence electrons. The number of hydrogen-bond acceptors (Lipinski definition) is 13. The molecule has 13 heteroatoms. The quantitative estimate of drug-likeness (QED) is 0.220. The molecule has 0 aliphatic carbocycles. The highest BCUT2D eigenvalue weighted by atomic mass is 16.8. The molecular weight excluding hydrogens is 460 g/mol. The van der Waals surface area contributed by atoms with Gasteiger partial charge in [-0.15, -0.1) is 0 Å². The topological polar surface area (TPSA) is 194 Å². The molecule has 0 bridgehead atoms. The van der Waals surface area contributed by atoms with Crippen LogP contribution in [0.5, 0.6) is 11.5 Å². The first-order valence-corrected chi connectivity index (χ1v) is 10.5. The van der Waals surface area contributed by atoms with Crippen LogP contribution in [0.3, 0.4) is 0 Å². The monoisotopic (exact) mass is 490 g/mol. The molecule has 2 aliphatic heterocycles. The smallest absolute Gasteiger partial charge is 0.337 e. The largest absolute Gasteiger partial charge is 0.493 e. The predicted octanol–water partition coefficient (Wildman–Crippen LogP) is -2.49. The summed E-state index contributed by atoms with van der Waals surface area (Å²) in [5, 5.41) is 60.8. The van der Waals surface area contributed by atoms with Crippen molar-refractivity contribution >= 4 is 5.97 Å². The number of esters is 1. The molecular formula is C21H30O13. The molecule has 2 saturated heterocycles. The lowest BCUT2D eigenvalue weighted by molar-refractivity contribution is -0.354. The van der Waals surface area contributed by atoms with Crippen LogP contribution in [0.1, 0.15) is 17.3 Å². The van der Waals surface area contributed by atoms with Gasteiger partial charge in [0.05, 0.1) is 32.5 Å². The Morgan fingerprint density at radius 2 is 1.62 bits per heavy atom. The number of ether oxygens (including phenoxy) is 6.